The van der Waals surface area contributed by atoms with Gasteiger partial charge in [-0.3, -0.25) is 4.79 Å². The molecule has 6 nitrogen and oxygen atoms in total. The van der Waals surface area contributed by atoms with Gasteiger partial charge in [0, 0.05) is 5.69 Å². The van der Waals surface area contributed by atoms with Gasteiger partial charge in [0.2, 0.25) is 0 Å². The van der Waals surface area contributed by atoms with E-state index in [0.29, 0.717) is 5.69 Å². The second kappa shape index (κ2) is 8.62. The topological polar surface area (TPSA) is 89.5 Å². The van der Waals surface area contributed by atoms with Crippen molar-refractivity contribution in [1.29, 1.82) is 0 Å². The van der Waals surface area contributed by atoms with Crippen LogP contribution in [0, 0.1) is 0 Å². The Balaban J connectivity index is 2.04. The van der Waals surface area contributed by atoms with Gasteiger partial charge in [-0.05, 0) is 36.2 Å². The summed E-state index contributed by atoms with van der Waals surface area (Å²) >= 11 is 0. The van der Waals surface area contributed by atoms with Crippen LogP contribution < -0.4 is 5.32 Å². The third-order valence-corrected chi connectivity index (χ3v) is 5.56. The molecular formula is C19H21NO5S. The number of carbonyl (C=O) groups is 2. The van der Waals surface area contributed by atoms with Crippen molar-refractivity contribution in [3.05, 3.63) is 59.7 Å². The highest BCUT2D eigenvalue weighted by atomic mass is 32.2. The summed E-state index contributed by atoms with van der Waals surface area (Å²) in [5, 5.41) is 2.65. The molecular weight excluding hydrogens is 354 g/mol. The molecule has 2 aromatic rings. The van der Waals surface area contributed by atoms with E-state index in [1.165, 1.54) is 25.1 Å². The fourth-order valence-corrected chi connectivity index (χ4v) is 3.42. The van der Waals surface area contributed by atoms with E-state index in [9.17, 15) is 18.0 Å². The largest absolute Gasteiger partial charge is 0.452 e. The third kappa shape index (κ3) is 4.92. The first-order valence-electron chi connectivity index (χ1n) is 8.25. The van der Waals surface area contributed by atoms with Gasteiger partial charge in [0.1, 0.15) is 0 Å². The van der Waals surface area contributed by atoms with Crippen molar-refractivity contribution in [2.45, 2.75) is 25.2 Å². The Morgan fingerprint density at radius 1 is 1.04 bits per heavy atom. The maximum absolute atomic E-state index is 12.2. The van der Waals surface area contributed by atoms with Gasteiger partial charge in [-0.25, -0.2) is 13.2 Å². The van der Waals surface area contributed by atoms with Crippen LogP contribution in [0.25, 0.3) is 0 Å². The van der Waals surface area contributed by atoms with Crippen LogP contribution >= 0.6 is 0 Å². The lowest BCUT2D eigenvalue weighted by Gasteiger charge is -2.10. The molecule has 0 radical (unpaired) electrons. The van der Waals surface area contributed by atoms with E-state index in [2.05, 4.69) is 5.32 Å². The molecule has 0 atom stereocenters. The van der Waals surface area contributed by atoms with Crippen LogP contribution in [0.2, 0.25) is 0 Å². The SMILES string of the molecule is CCc1cccc(NC(=O)COC(=O)c2ccccc2S(=O)(=O)CC)c1. The molecule has 1 amide bonds. The highest BCUT2D eigenvalue weighted by Gasteiger charge is 2.22. The molecule has 1 N–H and O–H groups in total. The highest BCUT2D eigenvalue weighted by molar-refractivity contribution is 7.91. The Kier molecular flexibility index (Phi) is 6.52. The molecule has 0 saturated heterocycles. The summed E-state index contributed by atoms with van der Waals surface area (Å²) in [6.07, 6.45) is 0.835. The van der Waals surface area contributed by atoms with E-state index in [4.69, 9.17) is 4.74 Å². The molecule has 26 heavy (non-hydrogen) atoms. The number of hydrogen-bond donors (Lipinski definition) is 1. The number of amides is 1. The lowest BCUT2D eigenvalue weighted by atomic mass is 10.1. The molecule has 0 unspecified atom stereocenters. The number of benzene rings is 2. The van der Waals surface area contributed by atoms with Gasteiger partial charge < -0.3 is 10.1 Å². The summed E-state index contributed by atoms with van der Waals surface area (Å²) in [6.45, 7) is 3.00. The Morgan fingerprint density at radius 2 is 1.77 bits per heavy atom. The molecule has 0 aliphatic heterocycles. The summed E-state index contributed by atoms with van der Waals surface area (Å²) in [7, 11) is -3.57. The van der Waals surface area contributed by atoms with Crippen LogP contribution in [-0.2, 0) is 25.8 Å². The zero-order chi connectivity index (χ0) is 19.2. The van der Waals surface area contributed by atoms with Crippen LogP contribution in [0.3, 0.4) is 0 Å². The van der Waals surface area contributed by atoms with Crippen molar-refractivity contribution in [2.24, 2.45) is 0 Å². The van der Waals surface area contributed by atoms with Crippen LogP contribution in [0.5, 0.6) is 0 Å². The van der Waals surface area contributed by atoms with E-state index >= 15 is 0 Å². The van der Waals surface area contributed by atoms with Gasteiger partial charge in [0.25, 0.3) is 5.91 Å². The van der Waals surface area contributed by atoms with Crippen molar-refractivity contribution in [3.63, 3.8) is 0 Å². The van der Waals surface area contributed by atoms with Gasteiger partial charge in [-0.15, -0.1) is 0 Å². The summed E-state index contributed by atoms with van der Waals surface area (Å²) in [5.41, 5.74) is 1.60. The van der Waals surface area contributed by atoms with Crippen LogP contribution in [0.15, 0.2) is 53.4 Å². The van der Waals surface area contributed by atoms with Gasteiger partial charge in [0.05, 0.1) is 16.2 Å². The number of rotatable bonds is 7. The Bertz CT molecular complexity index is 906. The third-order valence-electron chi connectivity index (χ3n) is 3.78. The average Bonchev–Trinajstić information content (AvgIpc) is 2.66. The zero-order valence-corrected chi connectivity index (χ0v) is 15.5. The number of nitrogens with one attached hydrogen (secondary N) is 1. The number of esters is 1. The number of carbonyl (C=O) groups excluding carboxylic acids is 2. The second-order valence-electron chi connectivity index (χ2n) is 5.58. The fourth-order valence-electron chi connectivity index (χ4n) is 2.34. The predicted octanol–water partition coefficient (Wildman–Crippen LogP) is 2.84. The summed E-state index contributed by atoms with van der Waals surface area (Å²) in [6, 6.07) is 13.1. The molecule has 0 spiro atoms. The zero-order valence-electron chi connectivity index (χ0n) is 14.7. The molecule has 0 aliphatic rings. The standard InChI is InChI=1S/C19H21NO5S/c1-3-14-8-7-9-15(12-14)20-18(21)13-25-19(22)16-10-5-6-11-17(16)26(23,24)4-2/h5-12H,3-4,13H2,1-2H3,(H,20,21). The number of hydrogen-bond acceptors (Lipinski definition) is 5. The first-order chi connectivity index (χ1) is 12.4. The van der Waals surface area contributed by atoms with Crippen LogP contribution in [0.1, 0.15) is 29.8 Å². The highest BCUT2D eigenvalue weighted by Crippen LogP contribution is 2.18. The van der Waals surface area contributed by atoms with Gasteiger partial charge in [-0.2, -0.15) is 0 Å². The molecule has 0 aromatic heterocycles. The number of aryl methyl sites for hydroxylation is 1. The quantitative estimate of drug-likeness (QED) is 0.752. The van der Waals surface area contributed by atoms with Crippen molar-refractivity contribution in [1.82, 2.24) is 0 Å². The maximum Gasteiger partial charge on any atom is 0.339 e. The molecule has 138 valence electrons. The smallest absolute Gasteiger partial charge is 0.339 e. The summed E-state index contributed by atoms with van der Waals surface area (Å²) in [4.78, 5) is 24.1. The van der Waals surface area contributed by atoms with E-state index in [-0.39, 0.29) is 16.2 Å². The van der Waals surface area contributed by atoms with Gasteiger partial charge in [0.15, 0.2) is 16.4 Å². The molecule has 2 rings (SSSR count). The second-order valence-corrected chi connectivity index (χ2v) is 7.82. The molecule has 0 heterocycles. The predicted molar refractivity (Wildman–Crippen MR) is 98.9 cm³/mol. The van der Waals surface area contributed by atoms with E-state index in [1.807, 2.05) is 25.1 Å². The van der Waals surface area contributed by atoms with E-state index in [0.717, 1.165) is 12.0 Å². The molecule has 7 heteroatoms. The number of sulfone groups is 1. The first-order valence-corrected chi connectivity index (χ1v) is 9.90. The minimum absolute atomic E-state index is 0.0740. The van der Waals surface area contributed by atoms with Crippen LogP contribution in [0.4, 0.5) is 5.69 Å². The van der Waals surface area contributed by atoms with Gasteiger partial charge in [-0.1, -0.05) is 38.1 Å². The van der Waals surface area contributed by atoms with E-state index < -0.39 is 28.3 Å². The normalized spacial score (nSPS) is 11.0. The van der Waals surface area contributed by atoms with Crippen molar-refractivity contribution >= 4 is 27.4 Å². The lowest BCUT2D eigenvalue weighted by molar-refractivity contribution is -0.119. The first kappa shape index (κ1) is 19.7. The Hall–Kier alpha value is -2.67. The summed E-state index contributed by atoms with van der Waals surface area (Å²) in [5.74, 6) is -1.48. The maximum atomic E-state index is 12.2. The Morgan fingerprint density at radius 3 is 2.46 bits per heavy atom. The Labute approximate surface area is 153 Å². The van der Waals surface area contributed by atoms with Gasteiger partial charge >= 0.3 is 5.97 Å². The number of ether oxygens (including phenoxy) is 1. The average molecular weight is 375 g/mol. The molecule has 0 bridgehead atoms. The minimum atomic E-state index is -3.57. The monoisotopic (exact) mass is 375 g/mol. The van der Waals surface area contributed by atoms with E-state index in [1.54, 1.807) is 12.1 Å². The minimum Gasteiger partial charge on any atom is -0.452 e. The fraction of sp³-hybridized carbons (Fsp3) is 0.263. The molecule has 2 aromatic carbocycles. The van der Waals surface area contributed by atoms with Crippen molar-refractivity contribution in [3.8, 4) is 0 Å². The van der Waals surface area contributed by atoms with Crippen molar-refractivity contribution < 1.29 is 22.7 Å². The summed E-state index contributed by atoms with van der Waals surface area (Å²) < 4.78 is 29.1. The molecule has 0 saturated carbocycles. The van der Waals surface area contributed by atoms with Crippen molar-refractivity contribution in [2.75, 3.05) is 17.7 Å². The van der Waals surface area contributed by atoms with Crippen LogP contribution in [-0.4, -0.2) is 32.7 Å². The lowest BCUT2D eigenvalue weighted by Crippen LogP contribution is -2.22. The molecule has 0 aliphatic carbocycles. The molecule has 0 fully saturated rings. The number of anilines is 1.